The molecule has 3 N–H and O–H groups in total. The summed E-state index contributed by atoms with van der Waals surface area (Å²) in [5.41, 5.74) is 10.7. The second-order valence-electron chi connectivity index (χ2n) is 5.14. The molecule has 2 aromatic rings. The number of nitrogens with two attached hydrogens (primary N) is 1. The fourth-order valence-electron chi connectivity index (χ4n) is 2.39. The van der Waals surface area contributed by atoms with E-state index in [0.717, 1.165) is 17.7 Å². The van der Waals surface area contributed by atoms with E-state index in [2.05, 4.69) is 31.3 Å². The zero-order valence-corrected chi connectivity index (χ0v) is 13.8. The van der Waals surface area contributed by atoms with E-state index in [9.17, 15) is 0 Å². The van der Waals surface area contributed by atoms with Gasteiger partial charge >= 0.3 is 0 Å². The molecule has 0 aliphatic rings. The van der Waals surface area contributed by atoms with E-state index >= 15 is 0 Å². The van der Waals surface area contributed by atoms with Gasteiger partial charge in [-0.05, 0) is 48.2 Å². The monoisotopic (exact) mass is 322 g/mol. The third kappa shape index (κ3) is 3.91. The van der Waals surface area contributed by atoms with Gasteiger partial charge in [0.1, 0.15) is 0 Å². The van der Waals surface area contributed by atoms with Crippen molar-refractivity contribution < 1.29 is 0 Å². The van der Waals surface area contributed by atoms with Crippen molar-refractivity contribution in [3.8, 4) is 0 Å². The van der Waals surface area contributed by atoms with Gasteiger partial charge in [-0.25, -0.2) is 0 Å². The lowest BCUT2D eigenvalue weighted by Crippen LogP contribution is -2.14. The standard InChI is InChI=1S/C17H20Cl2N2/c1-3-15(20)17-11(2)5-4-6-16(17)21-10-12-7-8-13(18)9-14(12)19/h4-9,15,21H,3,10,20H2,1-2H3. The Labute approximate surface area is 136 Å². The van der Waals surface area contributed by atoms with Crippen LogP contribution < -0.4 is 11.1 Å². The summed E-state index contributed by atoms with van der Waals surface area (Å²) in [5.74, 6) is 0. The van der Waals surface area contributed by atoms with Crippen LogP contribution in [0.5, 0.6) is 0 Å². The number of anilines is 1. The number of halogens is 2. The van der Waals surface area contributed by atoms with Crippen molar-refractivity contribution in [3.05, 3.63) is 63.1 Å². The van der Waals surface area contributed by atoms with E-state index < -0.39 is 0 Å². The summed E-state index contributed by atoms with van der Waals surface area (Å²) in [7, 11) is 0. The summed E-state index contributed by atoms with van der Waals surface area (Å²) in [4.78, 5) is 0. The molecule has 0 radical (unpaired) electrons. The second-order valence-corrected chi connectivity index (χ2v) is 5.98. The lowest BCUT2D eigenvalue weighted by Gasteiger charge is -2.19. The van der Waals surface area contributed by atoms with Crippen molar-refractivity contribution in [2.45, 2.75) is 32.9 Å². The Morgan fingerprint density at radius 2 is 1.95 bits per heavy atom. The Balaban J connectivity index is 2.22. The molecule has 1 unspecified atom stereocenters. The maximum absolute atomic E-state index is 6.23. The second kappa shape index (κ2) is 7.17. The molecule has 4 heteroatoms. The van der Waals surface area contributed by atoms with Gasteiger partial charge < -0.3 is 11.1 Å². The predicted molar refractivity (Wildman–Crippen MR) is 92.2 cm³/mol. The van der Waals surface area contributed by atoms with Crippen LogP contribution in [0.2, 0.25) is 10.0 Å². The maximum atomic E-state index is 6.23. The molecule has 0 amide bonds. The molecule has 0 spiro atoms. The molecule has 2 nitrogen and oxygen atoms in total. The van der Waals surface area contributed by atoms with Crippen molar-refractivity contribution in [2.24, 2.45) is 5.73 Å². The highest BCUT2D eigenvalue weighted by Gasteiger charge is 2.12. The Morgan fingerprint density at radius 1 is 1.19 bits per heavy atom. The molecule has 112 valence electrons. The topological polar surface area (TPSA) is 38.0 Å². The Kier molecular flexibility index (Phi) is 5.51. The molecule has 0 aliphatic carbocycles. The van der Waals surface area contributed by atoms with E-state index in [0.29, 0.717) is 16.6 Å². The zero-order valence-electron chi connectivity index (χ0n) is 12.3. The SMILES string of the molecule is CCC(N)c1c(C)cccc1NCc1ccc(Cl)cc1Cl. The van der Waals surface area contributed by atoms with E-state index in [1.165, 1.54) is 11.1 Å². The van der Waals surface area contributed by atoms with Gasteiger partial charge in [-0.3, -0.25) is 0 Å². The van der Waals surface area contributed by atoms with Gasteiger partial charge in [0.15, 0.2) is 0 Å². The first-order valence-electron chi connectivity index (χ1n) is 7.05. The molecule has 0 saturated heterocycles. The van der Waals surface area contributed by atoms with Gasteiger partial charge in [-0.1, -0.05) is 48.3 Å². The normalized spacial score (nSPS) is 12.2. The molecule has 0 bridgehead atoms. The van der Waals surface area contributed by atoms with E-state index in [-0.39, 0.29) is 6.04 Å². The summed E-state index contributed by atoms with van der Waals surface area (Å²) in [5, 5.41) is 4.76. The Bertz CT molecular complexity index is 626. The predicted octanol–water partition coefficient (Wildman–Crippen LogP) is 5.32. The number of aryl methyl sites for hydroxylation is 1. The van der Waals surface area contributed by atoms with Crippen LogP contribution in [0.3, 0.4) is 0 Å². The number of rotatable bonds is 5. The molecule has 0 aliphatic heterocycles. The van der Waals surface area contributed by atoms with E-state index in [4.69, 9.17) is 28.9 Å². The van der Waals surface area contributed by atoms with Crippen LogP contribution in [0.1, 0.15) is 36.1 Å². The highest BCUT2D eigenvalue weighted by Crippen LogP contribution is 2.28. The number of benzene rings is 2. The largest absolute Gasteiger partial charge is 0.381 e. The zero-order chi connectivity index (χ0) is 15.4. The van der Waals surface area contributed by atoms with Crippen LogP contribution in [0.4, 0.5) is 5.69 Å². The third-order valence-corrected chi connectivity index (χ3v) is 4.21. The minimum atomic E-state index is 0.0365. The van der Waals surface area contributed by atoms with E-state index in [1.807, 2.05) is 18.2 Å². The summed E-state index contributed by atoms with van der Waals surface area (Å²) in [6.45, 7) is 4.82. The number of hydrogen-bond acceptors (Lipinski definition) is 2. The quantitative estimate of drug-likeness (QED) is 0.781. The lowest BCUT2D eigenvalue weighted by atomic mass is 9.97. The lowest BCUT2D eigenvalue weighted by molar-refractivity contribution is 0.695. The molecule has 2 aromatic carbocycles. The van der Waals surface area contributed by atoms with Gasteiger partial charge in [0.05, 0.1) is 0 Å². The number of hydrogen-bond donors (Lipinski definition) is 2. The highest BCUT2D eigenvalue weighted by atomic mass is 35.5. The van der Waals surface area contributed by atoms with Gasteiger partial charge in [0.25, 0.3) is 0 Å². The van der Waals surface area contributed by atoms with Crippen LogP contribution in [0.25, 0.3) is 0 Å². The smallest absolute Gasteiger partial charge is 0.0470 e. The molecule has 21 heavy (non-hydrogen) atoms. The van der Waals surface area contributed by atoms with Crippen LogP contribution in [-0.2, 0) is 6.54 Å². The minimum absolute atomic E-state index is 0.0365. The van der Waals surface area contributed by atoms with Crippen molar-refractivity contribution in [1.82, 2.24) is 0 Å². The Hall–Kier alpha value is -1.22. The van der Waals surface area contributed by atoms with Gasteiger partial charge in [-0.2, -0.15) is 0 Å². The highest BCUT2D eigenvalue weighted by molar-refractivity contribution is 6.35. The summed E-state index contributed by atoms with van der Waals surface area (Å²) >= 11 is 12.1. The Morgan fingerprint density at radius 3 is 2.62 bits per heavy atom. The summed E-state index contributed by atoms with van der Waals surface area (Å²) in [6.07, 6.45) is 0.904. The summed E-state index contributed by atoms with van der Waals surface area (Å²) < 4.78 is 0. The molecule has 2 rings (SSSR count). The molecular formula is C17H20Cl2N2. The molecule has 0 aromatic heterocycles. The van der Waals surface area contributed by atoms with Crippen molar-refractivity contribution in [3.63, 3.8) is 0 Å². The fraction of sp³-hybridized carbons (Fsp3) is 0.294. The number of nitrogens with one attached hydrogen (secondary N) is 1. The summed E-state index contributed by atoms with van der Waals surface area (Å²) in [6, 6.07) is 11.8. The van der Waals surface area contributed by atoms with Crippen molar-refractivity contribution >= 4 is 28.9 Å². The first-order valence-corrected chi connectivity index (χ1v) is 7.81. The molecular weight excluding hydrogens is 303 g/mol. The fourth-order valence-corrected chi connectivity index (χ4v) is 2.86. The first-order chi connectivity index (χ1) is 10.0. The molecule has 1 atom stereocenters. The van der Waals surface area contributed by atoms with Crippen LogP contribution in [0.15, 0.2) is 36.4 Å². The maximum Gasteiger partial charge on any atom is 0.0470 e. The van der Waals surface area contributed by atoms with Crippen LogP contribution in [0, 0.1) is 6.92 Å². The average Bonchev–Trinajstić information content (AvgIpc) is 2.45. The van der Waals surface area contributed by atoms with Gasteiger partial charge in [0, 0.05) is 28.3 Å². The molecule has 0 fully saturated rings. The van der Waals surface area contributed by atoms with Crippen molar-refractivity contribution in [2.75, 3.05) is 5.32 Å². The first kappa shape index (κ1) is 16.2. The van der Waals surface area contributed by atoms with Crippen LogP contribution in [-0.4, -0.2) is 0 Å². The average molecular weight is 323 g/mol. The van der Waals surface area contributed by atoms with Gasteiger partial charge in [-0.15, -0.1) is 0 Å². The third-order valence-electron chi connectivity index (χ3n) is 3.62. The molecule has 0 saturated carbocycles. The van der Waals surface area contributed by atoms with Crippen LogP contribution >= 0.6 is 23.2 Å². The minimum Gasteiger partial charge on any atom is -0.381 e. The van der Waals surface area contributed by atoms with E-state index in [1.54, 1.807) is 6.07 Å². The molecule has 0 heterocycles. The van der Waals surface area contributed by atoms with Crippen molar-refractivity contribution in [1.29, 1.82) is 0 Å². The van der Waals surface area contributed by atoms with Gasteiger partial charge in [0.2, 0.25) is 0 Å².